The molecule has 0 radical (unpaired) electrons. The van der Waals surface area contributed by atoms with Crippen molar-refractivity contribution in [3.8, 4) is 0 Å². The molecule has 1 aliphatic rings. The molecule has 2 heterocycles. The summed E-state index contributed by atoms with van der Waals surface area (Å²) in [6, 6.07) is 12.5. The van der Waals surface area contributed by atoms with E-state index in [-0.39, 0.29) is 23.6 Å². The van der Waals surface area contributed by atoms with Crippen LogP contribution in [0.3, 0.4) is 0 Å². The standard InChI is InChI=1S/C22H24F3N5O/c1-26-15-7-5-14(6-8-15)21(31)28-17-11-9-16(10-12-17)27-19-3-2-4-20-29-18(13-30(19)20)22(23,24)25/h2-8,13,16-17,26-27H,9-12H2,1H3,(H,28,31)/t16-,17+. The predicted molar refractivity (Wildman–Crippen MR) is 113 cm³/mol. The molecule has 0 unspecified atom stereocenters. The SMILES string of the molecule is CNc1ccc(C(=O)N[C@H]2CC[C@@H](Nc3cccc4nc(C(F)(F)F)cn34)CC2)cc1. The monoisotopic (exact) mass is 431 g/mol. The van der Waals surface area contributed by atoms with Gasteiger partial charge in [0.05, 0.1) is 0 Å². The van der Waals surface area contributed by atoms with Crippen molar-refractivity contribution in [2.45, 2.75) is 43.9 Å². The Morgan fingerprint density at radius 1 is 1.03 bits per heavy atom. The summed E-state index contributed by atoms with van der Waals surface area (Å²) in [5.74, 6) is 0.486. The van der Waals surface area contributed by atoms with E-state index < -0.39 is 11.9 Å². The van der Waals surface area contributed by atoms with Crippen molar-refractivity contribution in [3.05, 3.63) is 59.9 Å². The first-order chi connectivity index (χ1) is 14.8. The number of benzene rings is 1. The fourth-order valence-electron chi connectivity index (χ4n) is 3.91. The number of anilines is 2. The lowest BCUT2D eigenvalue weighted by molar-refractivity contribution is -0.140. The summed E-state index contributed by atoms with van der Waals surface area (Å²) in [5.41, 5.74) is 0.906. The van der Waals surface area contributed by atoms with Crippen molar-refractivity contribution in [3.63, 3.8) is 0 Å². The lowest BCUT2D eigenvalue weighted by Gasteiger charge is -2.30. The zero-order valence-electron chi connectivity index (χ0n) is 17.0. The number of halogens is 3. The molecule has 0 saturated heterocycles. The van der Waals surface area contributed by atoms with Crippen LogP contribution in [0.15, 0.2) is 48.7 Å². The molecule has 4 rings (SSSR count). The number of hydrogen-bond donors (Lipinski definition) is 3. The number of pyridine rings is 1. The van der Waals surface area contributed by atoms with Crippen LogP contribution in [0, 0.1) is 0 Å². The Morgan fingerprint density at radius 2 is 1.71 bits per heavy atom. The van der Waals surface area contributed by atoms with E-state index in [4.69, 9.17) is 0 Å². The average molecular weight is 431 g/mol. The highest BCUT2D eigenvalue weighted by molar-refractivity contribution is 5.94. The van der Waals surface area contributed by atoms with Crippen molar-refractivity contribution < 1.29 is 18.0 Å². The predicted octanol–water partition coefficient (Wildman–Crippen LogP) is 4.55. The van der Waals surface area contributed by atoms with E-state index in [9.17, 15) is 18.0 Å². The van der Waals surface area contributed by atoms with Crippen molar-refractivity contribution in [1.29, 1.82) is 0 Å². The number of hydrogen-bond acceptors (Lipinski definition) is 4. The normalized spacial score (nSPS) is 19.2. The maximum absolute atomic E-state index is 13.0. The molecule has 1 amide bonds. The Hall–Kier alpha value is -3.23. The van der Waals surface area contributed by atoms with Crippen LogP contribution < -0.4 is 16.0 Å². The van der Waals surface area contributed by atoms with Gasteiger partial charge in [-0.05, 0) is 62.1 Å². The van der Waals surface area contributed by atoms with Gasteiger partial charge in [-0.2, -0.15) is 13.2 Å². The van der Waals surface area contributed by atoms with Crippen LogP contribution in [0.5, 0.6) is 0 Å². The fourth-order valence-corrected chi connectivity index (χ4v) is 3.91. The number of alkyl halides is 3. The summed E-state index contributed by atoms with van der Waals surface area (Å²) in [4.78, 5) is 16.1. The Kier molecular flexibility index (Phi) is 5.75. The first-order valence-corrected chi connectivity index (χ1v) is 10.2. The minimum atomic E-state index is -4.48. The van der Waals surface area contributed by atoms with Gasteiger partial charge >= 0.3 is 6.18 Å². The van der Waals surface area contributed by atoms with Crippen molar-refractivity contribution >= 4 is 23.1 Å². The molecule has 2 aromatic heterocycles. The van der Waals surface area contributed by atoms with Gasteiger partial charge in [0.25, 0.3) is 5.91 Å². The number of fused-ring (bicyclic) bond motifs is 1. The van der Waals surface area contributed by atoms with Crippen LogP contribution in [-0.2, 0) is 6.18 Å². The Labute approximate surface area is 177 Å². The molecule has 3 N–H and O–H groups in total. The van der Waals surface area contributed by atoms with E-state index in [1.165, 1.54) is 4.40 Å². The molecule has 3 aromatic rings. The van der Waals surface area contributed by atoms with E-state index in [0.29, 0.717) is 11.4 Å². The molecule has 31 heavy (non-hydrogen) atoms. The molecule has 9 heteroatoms. The van der Waals surface area contributed by atoms with Crippen LogP contribution in [-0.4, -0.2) is 34.4 Å². The number of nitrogens with one attached hydrogen (secondary N) is 3. The quantitative estimate of drug-likeness (QED) is 0.555. The van der Waals surface area contributed by atoms with E-state index in [1.54, 1.807) is 30.3 Å². The van der Waals surface area contributed by atoms with E-state index in [1.807, 2.05) is 19.2 Å². The summed E-state index contributed by atoms with van der Waals surface area (Å²) >= 11 is 0. The molecule has 0 spiro atoms. The van der Waals surface area contributed by atoms with Crippen LogP contribution in [0.25, 0.3) is 5.65 Å². The third-order valence-electron chi connectivity index (χ3n) is 5.63. The topological polar surface area (TPSA) is 70.5 Å². The van der Waals surface area contributed by atoms with E-state index in [2.05, 4.69) is 20.9 Å². The van der Waals surface area contributed by atoms with E-state index >= 15 is 0 Å². The van der Waals surface area contributed by atoms with E-state index in [0.717, 1.165) is 37.6 Å². The summed E-state index contributed by atoms with van der Waals surface area (Å²) in [7, 11) is 1.82. The van der Waals surface area contributed by atoms with Gasteiger partial charge in [0.2, 0.25) is 0 Å². The lowest BCUT2D eigenvalue weighted by atomic mass is 9.91. The molecule has 6 nitrogen and oxygen atoms in total. The van der Waals surface area contributed by atoms with Crippen LogP contribution >= 0.6 is 0 Å². The highest BCUT2D eigenvalue weighted by atomic mass is 19.4. The molecular formula is C22H24F3N5O. The molecule has 1 fully saturated rings. The second-order valence-electron chi connectivity index (χ2n) is 7.76. The van der Waals surface area contributed by atoms with Gasteiger partial charge in [-0.25, -0.2) is 4.98 Å². The minimum absolute atomic E-state index is 0.0791. The van der Waals surface area contributed by atoms with Gasteiger partial charge in [0, 0.05) is 36.6 Å². The zero-order chi connectivity index (χ0) is 22.0. The summed E-state index contributed by atoms with van der Waals surface area (Å²) in [6.07, 6.45) is -0.255. The Bertz CT molecular complexity index is 1050. The second kappa shape index (κ2) is 8.49. The molecular weight excluding hydrogens is 407 g/mol. The molecule has 1 saturated carbocycles. The van der Waals surface area contributed by atoms with Crippen molar-refractivity contribution in [2.75, 3.05) is 17.7 Å². The second-order valence-corrected chi connectivity index (χ2v) is 7.76. The number of aromatic nitrogens is 2. The molecule has 0 bridgehead atoms. The molecule has 0 aliphatic heterocycles. The van der Waals surface area contributed by atoms with Gasteiger partial charge in [0.1, 0.15) is 11.5 Å². The molecule has 0 atom stereocenters. The maximum atomic E-state index is 13.0. The first-order valence-electron chi connectivity index (χ1n) is 10.2. The third-order valence-corrected chi connectivity index (χ3v) is 5.63. The van der Waals surface area contributed by atoms with Crippen LogP contribution in [0.1, 0.15) is 41.7 Å². The van der Waals surface area contributed by atoms with Crippen molar-refractivity contribution in [2.24, 2.45) is 0 Å². The number of rotatable bonds is 5. The minimum Gasteiger partial charge on any atom is -0.388 e. The average Bonchev–Trinajstić information content (AvgIpc) is 3.21. The first kappa shape index (κ1) is 21.0. The van der Waals surface area contributed by atoms with Crippen molar-refractivity contribution in [1.82, 2.24) is 14.7 Å². The van der Waals surface area contributed by atoms with Gasteiger partial charge in [-0.1, -0.05) is 6.07 Å². The van der Waals surface area contributed by atoms with Gasteiger partial charge in [-0.15, -0.1) is 0 Å². The fraction of sp³-hybridized carbons (Fsp3) is 0.364. The Morgan fingerprint density at radius 3 is 2.35 bits per heavy atom. The zero-order valence-corrected chi connectivity index (χ0v) is 17.0. The summed E-state index contributed by atoms with van der Waals surface area (Å²) in [6.45, 7) is 0. The summed E-state index contributed by atoms with van der Waals surface area (Å²) in [5, 5.41) is 9.44. The van der Waals surface area contributed by atoms with Crippen LogP contribution in [0.4, 0.5) is 24.7 Å². The van der Waals surface area contributed by atoms with Gasteiger partial charge < -0.3 is 16.0 Å². The van der Waals surface area contributed by atoms with Gasteiger partial charge in [-0.3, -0.25) is 9.20 Å². The van der Waals surface area contributed by atoms with Crippen LogP contribution in [0.2, 0.25) is 0 Å². The molecule has 1 aromatic carbocycles. The number of carbonyl (C=O) groups excluding carboxylic acids is 1. The Balaban J connectivity index is 1.35. The number of carbonyl (C=O) groups is 1. The third kappa shape index (κ3) is 4.76. The number of imidazole rings is 1. The molecule has 164 valence electrons. The summed E-state index contributed by atoms with van der Waals surface area (Å²) < 4.78 is 40.4. The smallest absolute Gasteiger partial charge is 0.388 e. The van der Waals surface area contributed by atoms with Gasteiger partial charge in [0.15, 0.2) is 5.69 Å². The number of nitrogens with zero attached hydrogens (tertiary/aromatic N) is 2. The highest BCUT2D eigenvalue weighted by Crippen LogP contribution is 2.30. The largest absolute Gasteiger partial charge is 0.434 e. The number of amides is 1. The lowest BCUT2D eigenvalue weighted by Crippen LogP contribution is -2.40. The maximum Gasteiger partial charge on any atom is 0.434 e. The highest BCUT2D eigenvalue weighted by Gasteiger charge is 2.34. The molecule has 1 aliphatic carbocycles.